The van der Waals surface area contributed by atoms with Gasteiger partial charge in [-0.25, -0.2) is 0 Å². The third-order valence-corrected chi connectivity index (χ3v) is 5.68. The molecule has 2 aromatic carbocycles. The van der Waals surface area contributed by atoms with E-state index in [4.69, 9.17) is 9.31 Å². The van der Waals surface area contributed by atoms with E-state index in [2.05, 4.69) is 5.32 Å². The topological polar surface area (TPSA) is 64.6 Å². The fourth-order valence-corrected chi connectivity index (χ4v) is 3.20. The molecule has 6 heteroatoms. The Balaban J connectivity index is 2.00. The lowest BCUT2D eigenvalue weighted by Crippen LogP contribution is -2.41. The Labute approximate surface area is 178 Å². The zero-order valence-corrected chi connectivity index (χ0v) is 18.2. The van der Waals surface area contributed by atoms with Gasteiger partial charge in [-0.15, -0.1) is 0 Å². The van der Waals surface area contributed by atoms with Crippen LogP contribution in [0.5, 0.6) is 0 Å². The van der Waals surface area contributed by atoms with Crippen molar-refractivity contribution in [2.75, 3.05) is 6.54 Å². The second-order valence-electron chi connectivity index (χ2n) is 8.50. The molecule has 1 amide bonds. The molecule has 2 aromatic rings. The fourth-order valence-electron chi connectivity index (χ4n) is 3.20. The lowest BCUT2D eigenvalue weighted by Gasteiger charge is -2.32. The highest BCUT2D eigenvalue weighted by Gasteiger charge is 2.52. The summed E-state index contributed by atoms with van der Waals surface area (Å²) in [5.41, 5.74) is 1.69. The van der Waals surface area contributed by atoms with Gasteiger partial charge in [0.15, 0.2) is 5.78 Å². The van der Waals surface area contributed by atoms with Crippen LogP contribution in [0.3, 0.4) is 0 Å². The molecule has 1 N–H and O–H groups in total. The summed E-state index contributed by atoms with van der Waals surface area (Å²) in [5.74, 6) is -0.207. The molecule has 1 aliphatic rings. The van der Waals surface area contributed by atoms with Gasteiger partial charge in [0, 0.05) is 24.6 Å². The van der Waals surface area contributed by atoms with Crippen molar-refractivity contribution in [2.24, 2.45) is 0 Å². The number of amides is 1. The molecule has 5 nitrogen and oxygen atoms in total. The smallest absolute Gasteiger partial charge is 0.400 e. The molecule has 0 aliphatic carbocycles. The molecule has 30 heavy (non-hydrogen) atoms. The Kier molecular flexibility index (Phi) is 6.29. The highest BCUT2D eigenvalue weighted by molar-refractivity contribution is 6.56. The van der Waals surface area contributed by atoms with E-state index in [0.717, 1.165) is 11.0 Å². The van der Waals surface area contributed by atoms with Crippen molar-refractivity contribution in [3.8, 4) is 0 Å². The zero-order valence-electron chi connectivity index (χ0n) is 18.2. The zero-order chi connectivity index (χ0) is 21.9. The van der Waals surface area contributed by atoms with E-state index in [1.165, 1.54) is 6.92 Å². The van der Waals surface area contributed by atoms with Gasteiger partial charge in [0.05, 0.1) is 11.2 Å². The molecule has 0 radical (unpaired) electrons. The summed E-state index contributed by atoms with van der Waals surface area (Å²) in [7, 11) is -0.623. The molecule has 0 aromatic heterocycles. The van der Waals surface area contributed by atoms with Crippen molar-refractivity contribution < 1.29 is 18.9 Å². The van der Waals surface area contributed by atoms with E-state index >= 15 is 0 Å². The monoisotopic (exact) mass is 405 g/mol. The number of hydrogen-bond donors (Lipinski definition) is 1. The van der Waals surface area contributed by atoms with Crippen molar-refractivity contribution >= 4 is 24.9 Å². The molecular weight excluding hydrogens is 377 g/mol. The number of benzene rings is 2. The summed E-state index contributed by atoms with van der Waals surface area (Å²) in [6.45, 7) is 9.66. The van der Waals surface area contributed by atoms with Crippen LogP contribution < -0.4 is 5.32 Å². The molecule has 0 unspecified atom stereocenters. The Morgan fingerprint density at radius 3 is 2.10 bits per heavy atom. The largest absolute Gasteiger partial charge is 0.492 e. The molecule has 1 heterocycles. The first-order valence-electron chi connectivity index (χ1n) is 10.1. The van der Waals surface area contributed by atoms with Crippen LogP contribution in [0.2, 0.25) is 0 Å². The van der Waals surface area contributed by atoms with Gasteiger partial charge in [-0.1, -0.05) is 60.7 Å². The average Bonchev–Trinajstić information content (AvgIpc) is 2.92. The van der Waals surface area contributed by atoms with Crippen LogP contribution in [0.4, 0.5) is 0 Å². The normalized spacial score (nSPS) is 17.6. The van der Waals surface area contributed by atoms with Gasteiger partial charge in [-0.2, -0.15) is 0 Å². The fraction of sp³-hybridized carbons (Fsp3) is 0.333. The van der Waals surface area contributed by atoms with Crippen LogP contribution >= 0.6 is 0 Å². The summed E-state index contributed by atoms with van der Waals surface area (Å²) in [5, 5.41) is 2.83. The summed E-state index contributed by atoms with van der Waals surface area (Å²) in [4.78, 5) is 24.6. The standard InChI is InChI=1S/C24H28BNO4/c1-17(27)26-16-20(25-29-23(2,3)24(4,5)30-25)15-19-13-9-10-14-21(19)22(28)18-11-7-6-8-12-18/h6-15H,16H2,1-5H3,(H,26,27). The Morgan fingerprint density at radius 2 is 1.50 bits per heavy atom. The molecule has 0 atom stereocenters. The van der Waals surface area contributed by atoms with Crippen LogP contribution in [-0.4, -0.2) is 36.6 Å². The lowest BCUT2D eigenvalue weighted by atomic mass is 9.76. The van der Waals surface area contributed by atoms with Crippen LogP contribution in [0.25, 0.3) is 6.08 Å². The Hall–Kier alpha value is -2.70. The highest BCUT2D eigenvalue weighted by atomic mass is 16.7. The van der Waals surface area contributed by atoms with E-state index in [0.29, 0.717) is 11.1 Å². The SMILES string of the molecule is CC(=O)NCC(=Cc1ccccc1C(=O)c1ccccc1)B1OC(C)(C)C(C)(C)O1. The van der Waals surface area contributed by atoms with Crippen LogP contribution in [-0.2, 0) is 14.1 Å². The van der Waals surface area contributed by atoms with Gasteiger partial charge in [-0.3, -0.25) is 9.59 Å². The molecule has 0 spiro atoms. The minimum atomic E-state index is -0.623. The van der Waals surface area contributed by atoms with Gasteiger partial charge in [-0.05, 0) is 38.7 Å². The molecule has 156 valence electrons. The van der Waals surface area contributed by atoms with Crippen molar-refractivity contribution in [1.82, 2.24) is 5.32 Å². The maximum absolute atomic E-state index is 13.1. The predicted octanol–water partition coefficient (Wildman–Crippen LogP) is 4.07. The molecule has 3 rings (SSSR count). The second-order valence-corrected chi connectivity index (χ2v) is 8.50. The Morgan fingerprint density at radius 1 is 0.933 bits per heavy atom. The number of carbonyl (C=O) groups excluding carboxylic acids is 2. The third kappa shape index (κ3) is 4.72. The van der Waals surface area contributed by atoms with Crippen molar-refractivity contribution in [3.05, 3.63) is 76.8 Å². The third-order valence-electron chi connectivity index (χ3n) is 5.68. The first-order chi connectivity index (χ1) is 14.1. The minimum absolute atomic E-state index is 0.0600. The van der Waals surface area contributed by atoms with Crippen molar-refractivity contribution in [3.63, 3.8) is 0 Å². The molecule has 1 saturated heterocycles. The first kappa shape index (κ1) is 22.0. The average molecular weight is 405 g/mol. The van der Waals surface area contributed by atoms with E-state index in [1.54, 1.807) is 18.2 Å². The van der Waals surface area contributed by atoms with Crippen molar-refractivity contribution in [1.29, 1.82) is 0 Å². The van der Waals surface area contributed by atoms with Gasteiger partial charge >= 0.3 is 7.12 Å². The summed E-state index contributed by atoms with van der Waals surface area (Å²) < 4.78 is 12.4. The summed E-state index contributed by atoms with van der Waals surface area (Å²) >= 11 is 0. The van der Waals surface area contributed by atoms with E-state index < -0.39 is 18.3 Å². The molecule has 0 saturated carbocycles. The molecular formula is C24H28BNO4. The molecule has 0 bridgehead atoms. The maximum atomic E-state index is 13.1. The lowest BCUT2D eigenvalue weighted by molar-refractivity contribution is -0.118. The first-order valence-corrected chi connectivity index (χ1v) is 10.1. The number of rotatable bonds is 6. The summed E-state index contributed by atoms with van der Waals surface area (Å²) in [6.07, 6.45) is 1.88. The highest BCUT2D eigenvalue weighted by Crippen LogP contribution is 2.38. The van der Waals surface area contributed by atoms with Crippen LogP contribution in [0.1, 0.15) is 56.1 Å². The molecule has 1 fully saturated rings. The predicted molar refractivity (Wildman–Crippen MR) is 119 cm³/mol. The summed E-state index contributed by atoms with van der Waals surface area (Å²) in [6, 6.07) is 16.6. The van der Waals surface area contributed by atoms with E-state index in [-0.39, 0.29) is 18.2 Å². The minimum Gasteiger partial charge on any atom is -0.400 e. The van der Waals surface area contributed by atoms with Gasteiger partial charge in [0.25, 0.3) is 0 Å². The van der Waals surface area contributed by atoms with Crippen LogP contribution in [0, 0.1) is 0 Å². The number of hydrogen-bond acceptors (Lipinski definition) is 4. The van der Waals surface area contributed by atoms with Gasteiger partial charge < -0.3 is 14.6 Å². The van der Waals surface area contributed by atoms with Crippen LogP contribution in [0.15, 0.2) is 60.1 Å². The maximum Gasteiger partial charge on any atom is 0.492 e. The Bertz CT molecular complexity index is 950. The van der Waals surface area contributed by atoms with Gasteiger partial charge in [0.1, 0.15) is 0 Å². The number of ketones is 1. The van der Waals surface area contributed by atoms with E-state index in [9.17, 15) is 9.59 Å². The van der Waals surface area contributed by atoms with E-state index in [1.807, 2.05) is 70.2 Å². The second kappa shape index (κ2) is 8.58. The van der Waals surface area contributed by atoms with Gasteiger partial charge in [0.2, 0.25) is 5.91 Å². The van der Waals surface area contributed by atoms with Crippen molar-refractivity contribution in [2.45, 2.75) is 45.8 Å². The molecule has 1 aliphatic heterocycles. The quantitative estimate of drug-likeness (QED) is 0.581. The number of carbonyl (C=O) groups is 2. The number of nitrogens with one attached hydrogen (secondary N) is 1.